The second kappa shape index (κ2) is 9.61. The molecule has 0 spiro atoms. The zero-order valence-electron chi connectivity index (χ0n) is 18.9. The molecule has 1 aliphatic rings. The quantitative estimate of drug-likeness (QED) is 0.494. The minimum absolute atomic E-state index is 0.205. The van der Waals surface area contributed by atoms with Crippen LogP contribution in [0, 0.1) is 0 Å². The fraction of sp³-hybridized carbons (Fsp3) is 0.185. The Morgan fingerprint density at radius 3 is 2.18 bits per heavy atom. The maximum Gasteiger partial charge on any atom is 0.282 e. The first-order valence-electron chi connectivity index (χ1n) is 10.9. The van der Waals surface area contributed by atoms with Crippen molar-refractivity contribution in [3.05, 3.63) is 89.6 Å². The van der Waals surface area contributed by atoms with Gasteiger partial charge < -0.3 is 14.8 Å². The second-order valence-electron chi connectivity index (χ2n) is 7.50. The molecule has 0 unspecified atom stereocenters. The summed E-state index contributed by atoms with van der Waals surface area (Å²) in [5.41, 5.74) is 3.40. The Labute approximate surface area is 193 Å². The van der Waals surface area contributed by atoms with Crippen molar-refractivity contribution in [2.45, 2.75) is 20.3 Å². The fourth-order valence-corrected chi connectivity index (χ4v) is 3.77. The average molecular weight is 443 g/mol. The Morgan fingerprint density at radius 2 is 1.55 bits per heavy atom. The molecule has 0 saturated carbocycles. The lowest BCUT2D eigenvalue weighted by atomic mass is 10.0. The topological polar surface area (TPSA) is 67.9 Å². The lowest BCUT2D eigenvalue weighted by Crippen LogP contribution is -2.32. The van der Waals surface area contributed by atoms with E-state index in [0.717, 1.165) is 12.0 Å². The van der Waals surface area contributed by atoms with Crippen LogP contribution in [0.4, 0.5) is 11.4 Å². The molecular weight excluding hydrogens is 416 g/mol. The second-order valence-corrected chi connectivity index (χ2v) is 7.50. The average Bonchev–Trinajstić information content (AvgIpc) is 3.09. The molecule has 0 atom stereocenters. The Bertz CT molecular complexity index is 1200. The molecule has 2 amide bonds. The van der Waals surface area contributed by atoms with Crippen LogP contribution in [-0.4, -0.2) is 25.5 Å². The highest BCUT2D eigenvalue weighted by molar-refractivity contribution is 6.46. The predicted octanol–water partition coefficient (Wildman–Crippen LogP) is 5.05. The van der Waals surface area contributed by atoms with Crippen molar-refractivity contribution in [3.63, 3.8) is 0 Å². The maximum atomic E-state index is 13.6. The largest absolute Gasteiger partial charge is 0.497 e. The van der Waals surface area contributed by atoms with Crippen molar-refractivity contribution < 1.29 is 19.1 Å². The SMILES string of the molecule is CCOc1ccccc1NC1=C(c2ccc(OC)cc2)C(=O)N(c2ccc(CC)cc2)C1=O. The molecule has 0 bridgehead atoms. The summed E-state index contributed by atoms with van der Waals surface area (Å²) in [6.45, 7) is 4.43. The third-order valence-electron chi connectivity index (χ3n) is 5.51. The van der Waals surface area contributed by atoms with Crippen molar-refractivity contribution in [1.82, 2.24) is 0 Å². The van der Waals surface area contributed by atoms with Crippen LogP contribution >= 0.6 is 0 Å². The van der Waals surface area contributed by atoms with E-state index in [0.29, 0.717) is 40.6 Å². The molecule has 6 heteroatoms. The monoisotopic (exact) mass is 442 g/mol. The molecule has 0 fully saturated rings. The first kappa shape index (κ1) is 22.1. The van der Waals surface area contributed by atoms with Crippen molar-refractivity contribution in [2.75, 3.05) is 23.9 Å². The van der Waals surface area contributed by atoms with E-state index < -0.39 is 5.91 Å². The van der Waals surface area contributed by atoms with Crippen LogP contribution in [0.1, 0.15) is 25.0 Å². The van der Waals surface area contributed by atoms with Crippen LogP contribution < -0.4 is 19.7 Å². The van der Waals surface area contributed by atoms with Crippen molar-refractivity contribution >= 4 is 28.8 Å². The van der Waals surface area contributed by atoms with Gasteiger partial charge >= 0.3 is 0 Å². The number of carbonyl (C=O) groups is 2. The van der Waals surface area contributed by atoms with Crippen LogP contribution in [0.3, 0.4) is 0 Å². The van der Waals surface area contributed by atoms with E-state index in [4.69, 9.17) is 9.47 Å². The van der Waals surface area contributed by atoms with Crippen LogP contribution in [0.15, 0.2) is 78.5 Å². The number of aryl methyl sites for hydroxylation is 1. The summed E-state index contributed by atoms with van der Waals surface area (Å²) < 4.78 is 11.0. The van der Waals surface area contributed by atoms with Gasteiger partial charge in [0.1, 0.15) is 17.2 Å². The number of benzene rings is 3. The molecule has 3 aromatic rings. The number of amides is 2. The Kier molecular flexibility index (Phi) is 6.45. The number of ether oxygens (including phenoxy) is 2. The van der Waals surface area contributed by atoms with E-state index in [1.54, 1.807) is 43.5 Å². The third-order valence-corrected chi connectivity index (χ3v) is 5.51. The number of hydrogen-bond acceptors (Lipinski definition) is 5. The molecule has 6 nitrogen and oxygen atoms in total. The summed E-state index contributed by atoms with van der Waals surface area (Å²) >= 11 is 0. The van der Waals surface area contributed by atoms with Crippen LogP contribution in [0.2, 0.25) is 0 Å². The molecular formula is C27H26N2O4. The number of nitrogens with one attached hydrogen (secondary N) is 1. The fourth-order valence-electron chi connectivity index (χ4n) is 3.77. The molecule has 4 rings (SSSR count). The highest BCUT2D eigenvalue weighted by atomic mass is 16.5. The van der Waals surface area contributed by atoms with Crippen molar-refractivity contribution in [1.29, 1.82) is 0 Å². The highest BCUT2D eigenvalue weighted by Crippen LogP contribution is 2.36. The van der Waals surface area contributed by atoms with E-state index in [9.17, 15) is 9.59 Å². The molecule has 0 aliphatic carbocycles. The van der Waals surface area contributed by atoms with Gasteiger partial charge in [0.25, 0.3) is 11.8 Å². The minimum Gasteiger partial charge on any atom is -0.497 e. The Morgan fingerprint density at radius 1 is 0.848 bits per heavy atom. The molecule has 1 aliphatic heterocycles. The minimum atomic E-state index is -0.415. The lowest BCUT2D eigenvalue weighted by Gasteiger charge is -2.16. The van der Waals surface area contributed by atoms with Gasteiger partial charge in [-0.15, -0.1) is 0 Å². The summed E-state index contributed by atoms with van der Waals surface area (Å²) in [6.07, 6.45) is 0.874. The zero-order valence-corrected chi connectivity index (χ0v) is 18.9. The summed E-state index contributed by atoms with van der Waals surface area (Å²) in [6, 6.07) is 21.9. The van der Waals surface area contributed by atoms with Gasteiger partial charge in [-0.25, -0.2) is 4.90 Å². The van der Waals surface area contributed by atoms with Gasteiger partial charge in [0.2, 0.25) is 0 Å². The van der Waals surface area contributed by atoms with E-state index in [1.807, 2.05) is 43.3 Å². The summed E-state index contributed by atoms with van der Waals surface area (Å²) in [4.78, 5) is 28.4. The first-order valence-corrected chi connectivity index (χ1v) is 10.9. The number of hydrogen-bond donors (Lipinski definition) is 1. The summed E-state index contributed by atoms with van der Waals surface area (Å²) in [5, 5.41) is 3.19. The smallest absolute Gasteiger partial charge is 0.282 e. The van der Waals surface area contributed by atoms with Gasteiger partial charge in [-0.2, -0.15) is 0 Å². The van der Waals surface area contributed by atoms with E-state index in [-0.39, 0.29) is 11.6 Å². The molecule has 33 heavy (non-hydrogen) atoms. The molecule has 1 heterocycles. The number of imide groups is 1. The van der Waals surface area contributed by atoms with Gasteiger partial charge in [-0.3, -0.25) is 9.59 Å². The van der Waals surface area contributed by atoms with Gasteiger partial charge in [0, 0.05) is 0 Å². The molecule has 0 radical (unpaired) electrons. The van der Waals surface area contributed by atoms with Gasteiger partial charge in [0.05, 0.1) is 30.7 Å². The van der Waals surface area contributed by atoms with Gasteiger partial charge in [-0.1, -0.05) is 43.3 Å². The number of anilines is 2. The van der Waals surface area contributed by atoms with Gasteiger partial charge in [0.15, 0.2) is 0 Å². The number of carbonyl (C=O) groups excluding carboxylic acids is 2. The number of nitrogens with zero attached hydrogens (tertiary/aromatic N) is 1. The summed E-state index contributed by atoms with van der Waals surface area (Å²) in [7, 11) is 1.58. The molecule has 168 valence electrons. The van der Waals surface area contributed by atoms with Gasteiger partial charge in [-0.05, 0) is 60.9 Å². The van der Waals surface area contributed by atoms with Crippen molar-refractivity contribution in [3.8, 4) is 11.5 Å². The molecule has 0 aromatic heterocycles. The number of methoxy groups -OCH3 is 1. The number of para-hydroxylation sites is 2. The van der Waals surface area contributed by atoms with Crippen LogP contribution in [0.25, 0.3) is 5.57 Å². The predicted molar refractivity (Wildman–Crippen MR) is 129 cm³/mol. The molecule has 0 saturated heterocycles. The van der Waals surface area contributed by atoms with E-state index in [1.165, 1.54) is 4.90 Å². The lowest BCUT2D eigenvalue weighted by molar-refractivity contribution is -0.120. The first-order chi connectivity index (χ1) is 16.1. The van der Waals surface area contributed by atoms with E-state index in [2.05, 4.69) is 12.2 Å². The van der Waals surface area contributed by atoms with Crippen LogP contribution in [0.5, 0.6) is 11.5 Å². The standard InChI is InChI=1S/C27H26N2O4/c1-4-18-10-14-20(15-11-18)29-26(30)24(19-12-16-21(32-3)17-13-19)25(27(29)31)28-22-8-6-7-9-23(22)33-5-2/h6-17,28H,4-5H2,1-3H3. The summed E-state index contributed by atoms with van der Waals surface area (Å²) in [5.74, 6) is 0.471. The molecule has 3 aromatic carbocycles. The maximum absolute atomic E-state index is 13.6. The Balaban J connectivity index is 1.80. The number of rotatable bonds is 8. The van der Waals surface area contributed by atoms with E-state index >= 15 is 0 Å². The molecule has 1 N–H and O–H groups in total. The Hall–Kier alpha value is -4.06. The normalized spacial score (nSPS) is 13.5. The van der Waals surface area contributed by atoms with Crippen LogP contribution in [-0.2, 0) is 16.0 Å². The highest BCUT2D eigenvalue weighted by Gasteiger charge is 2.40. The zero-order chi connectivity index (χ0) is 23.4. The third kappa shape index (κ3) is 4.32. The van der Waals surface area contributed by atoms with Crippen molar-refractivity contribution in [2.24, 2.45) is 0 Å².